The van der Waals surface area contributed by atoms with Gasteiger partial charge in [0.2, 0.25) is 0 Å². The Bertz CT molecular complexity index is 305. The van der Waals surface area contributed by atoms with E-state index in [4.69, 9.17) is 11.5 Å². The van der Waals surface area contributed by atoms with Crippen LogP contribution in [0.4, 0.5) is 0 Å². The minimum absolute atomic E-state index is 0.391. The van der Waals surface area contributed by atoms with Crippen LogP contribution >= 0.6 is 0 Å². The van der Waals surface area contributed by atoms with Gasteiger partial charge < -0.3 is 21.7 Å². The van der Waals surface area contributed by atoms with Crippen LogP contribution in [0.1, 0.15) is 66.2 Å². The van der Waals surface area contributed by atoms with Crippen molar-refractivity contribution in [3.63, 3.8) is 0 Å². The van der Waals surface area contributed by atoms with Crippen molar-refractivity contribution in [1.29, 1.82) is 0 Å². The molecule has 2 unspecified atom stereocenters. The highest BCUT2D eigenvalue weighted by Gasteiger charge is 2.42. The number of aliphatic imine (C=N–C) groups is 1. The Morgan fingerprint density at radius 3 is 1.95 bits per heavy atom. The van der Waals surface area contributed by atoms with E-state index < -0.39 is 23.2 Å². The third-order valence-electron chi connectivity index (χ3n) is 4.26. The van der Waals surface area contributed by atoms with Crippen LogP contribution in [-0.2, 0) is 0 Å². The molecule has 0 aliphatic heterocycles. The van der Waals surface area contributed by atoms with Crippen LogP contribution in [-0.4, -0.2) is 47.3 Å². The first kappa shape index (κ1) is 21.5. The molecule has 0 fully saturated rings. The lowest BCUT2D eigenvalue weighted by Gasteiger charge is -2.43. The number of rotatable bonds is 12. The number of hydrogen-bond acceptors (Lipinski definition) is 5. The predicted molar refractivity (Wildman–Crippen MR) is 94.2 cm³/mol. The molecule has 0 radical (unpaired) electrons. The van der Waals surface area contributed by atoms with Gasteiger partial charge in [0.1, 0.15) is 0 Å². The maximum absolute atomic E-state index is 9.74. The van der Waals surface area contributed by atoms with Crippen LogP contribution < -0.4 is 11.5 Å². The molecule has 0 aliphatic rings. The van der Waals surface area contributed by atoms with Crippen molar-refractivity contribution in [3.8, 4) is 0 Å². The fourth-order valence-corrected chi connectivity index (χ4v) is 2.79. The van der Waals surface area contributed by atoms with E-state index in [1.807, 2.05) is 20.1 Å². The highest BCUT2D eigenvalue weighted by Crippen LogP contribution is 2.35. The zero-order chi connectivity index (χ0) is 17.2. The number of aliphatic hydroxyl groups is 2. The summed E-state index contributed by atoms with van der Waals surface area (Å²) in [5, 5.41) is 19.5. The third kappa shape index (κ3) is 8.22. The SMILES string of the molecule is CC(O)CC(N)(CC(C)O)C(C)(C)C=NCCCCCCN. The molecule has 0 rings (SSSR count). The highest BCUT2D eigenvalue weighted by molar-refractivity contribution is 5.67. The van der Waals surface area contributed by atoms with E-state index in [-0.39, 0.29) is 0 Å². The summed E-state index contributed by atoms with van der Waals surface area (Å²) in [7, 11) is 0. The van der Waals surface area contributed by atoms with Crippen molar-refractivity contribution in [3.05, 3.63) is 0 Å². The number of nitrogens with zero attached hydrogens (tertiary/aromatic N) is 1. The standard InChI is InChI=1S/C17H37N3O2/c1-14(21)11-17(19,12-15(2)22)16(3,4)13-20-10-8-6-5-7-9-18/h13-15,21-22H,5-12,18-19H2,1-4H3. The minimum atomic E-state index is -0.682. The molecule has 5 nitrogen and oxygen atoms in total. The molecule has 0 aromatic carbocycles. The van der Waals surface area contributed by atoms with Crippen molar-refractivity contribution in [1.82, 2.24) is 0 Å². The molecule has 0 amide bonds. The average Bonchev–Trinajstić information content (AvgIpc) is 2.35. The quantitative estimate of drug-likeness (QED) is 0.326. The number of hydrogen-bond donors (Lipinski definition) is 4. The third-order valence-corrected chi connectivity index (χ3v) is 4.26. The van der Waals surface area contributed by atoms with E-state index in [2.05, 4.69) is 4.99 Å². The number of aliphatic hydroxyl groups excluding tert-OH is 2. The van der Waals surface area contributed by atoms with Gasteiger partial charge in [0.15, 0.2) is 0 Å². The lowest BCUT2D eigenvalue weighted by molar-refractivity contribution is 0.0671. The van der Waals surface area contributed by atoms with E-state index in [1.165, 1.54) is 0 Å². The lowest BCUT2D eigenvalue weighted by atomic mass is 9.68. The maximum Gasteiger partial charge on any atom is 0.0529 e. The van der Waals surface area contributed by atoms with Gasteiger partial charge >= 0.3 is 0 Å². The second-order valence-electron chi connectivity index (χ2n) is 7.22. The first-order valence-corrected chi connectivity index (χ1v) is 8.50. The molecule has 22 heavy (non-hydrogen) atoms. The Kier molecular flexibility index (Phi) is 10.1. The summed E-state index contributed by atoms with van der Waals surface area (Å²) >= 11 is 0. The summed E-state index contributed by atoms with van der Waals surface area (Å²) < 4.78 is 0. The predicted octanol–water partition coefficient (Wildman–Crippen LogP) is 1.84. The first-order valence-electron chi connectivity index (χ1n) is 8.50. The molecular weight excluding hydrogens is 278 g/mol. The van der Waals surface area contributed by atoms with Gasteiger partial charge in [0.05, 0.1) is 12.2 Å². The molecule has 0 aromatic heterocycles. The van der Waals surface area contributed by atoms with Gasteiger partial charge in [-0.2, -0.15) is 0 Å². The van der Waals surface area contributed by atoms with Crippen molar-refractivity contribution in [2.75, 3.05) is 13.1 Å². The van der Waals surface area contributed by atoms with E-state index >= 15 is 0 Å². The Morgan fingerprint density at radius 1 is 1.00 bits per heavy atom. The molecule has 0 bridgehead atoms. The molecule has 0 saturated heterocycles. The molecular formula is C17H37N3O2. The maximum atomic E-state index is 9.74. The van der Waals surface area contributed by atoms with Crippen LogP contribution in [0, 0.1) is 5.41 Å². The van der Waals surface area contributed by atoms with E-state index in [0.717, 1.165) is 38.8 Å². The van der Waals surface area contributed by atoms with Crippen LogP contribution in [0.3, 0.4) is 0 Å². The van der Waals surface area contributed by atoms with Crippen molar-refractivity contribution in [2.45, 2.75) is 84.0 Å². The van der Waals surface area contributed by atoms with E-state index in [1.54, 1.807) is 13.8 Å². The van der Waals surface area contributed by atoms with Crippen molar-refractivity contribution >= 4 is 6.21 Å². The monoisotopic (exact) mass is 315 g/mol. The molecule has 2 atom stereocenters. The Hall–Kier alpha value is -0.490. The van der Waals surface area contributed by atoms with Crippen molar-refractivity contribution < 1.29 is 10.2 Å². The van der Waals surface area contributed by atoms with E-state index in [0.29, 0.717) is 12.8 Å². The smallest absolute Gasteiger partial charge is 0.0529 e. The Morgan fingerprint density at radius 2 is 1.50 bits per heavy atom. The van der Waals surface area contributed by atoms with E-state index in [9.17, 15) is 10.2 Å². The molecule has 0 aliphatic carbocycles. The first-order chi connectivity index (χ1) is 10.1. The molecule has 0 spiro atoms. The summed E-state index contributed by atoms with van der Waals surface area (Å²) in [5.41, 5.74) is 10.9. The topological polar surface area (TPSA) is 105 Å². The summed E-state index contributed by atoms with van der Waals surface area (Å²) in [5.74, 6) is 0. The second kappa shape index (κ2) is 10.3. The Labute approximate surface area is 136 Å². The Balaban J connectivity index is 4.61. The van der Waals surface area contributed by atoms with Crippen molar-refractivity contribution in [2.24, 2.45) is 21.9 Å². The lowest BCUT2D eigenvalue weighted by Crippen LogP contribution is -2.56. The average molecular weight is 316 g/mol. The minimum Gasteiger partial charge on any atom is -0.393 e. The van der Waals surface area contributed by atoms with Gasteiger partial charge in [0, 0.05) is 23.7 Å². The summed E-state index contributed by atoms with van der Waals surface area (Å²) in [6.45, 7) is 9.05. The summed E-state index contributed by atoms with van der Waals surface area (Å²) in [6, 6.07) is 0. The van der Waals surface area contributed by atoms with Gasteiger partial charge in [-0.25, -0.2) is 0 Å². The fraction of sp³-hybridized carbons (Fsp3) is 0.941. The fourth-order valence-electron chi connectivity index (χ4n) is 2.79. The summed E-state index contributed by atoms with van der Waals surface area (Å²) in [4.78, 5) is 4.52. The summed E-state index contributed by atoms with van der Waals surface area (Å²) in [6.07, 6.45) is 6.19. The number of nitrogens with two attached hydrogens (primary N) is 2. The second-order valence-corrected chi connectivity index (χ2v) is 7.22. The normalized spacial score (nSPS) is 18.4. The molecule has 0 aromatic rings. The number of unbranched alkanes of at least 4 members (excludes halogenated alkanes) is 3. The van der Waals surface area contributed by atoms with Gasteiger partial charge in [-0.1, -0.05) is 26.7 Å². The van der Waals surface area contributed by atoms with Gasteiger partial charge in [-0.15, -0.1) is 0 Å². The van der Waals surface area contributed by atoms with Crippen LogP contribution in [0.5, 0.6) is 0 Å². The highest BCUT2D eigenvalue weighted by atomic mass is 16.3. The molecule has 132 valence electrons. The molecule has 0 saturated carbocycles. The molecule has 5 heteroatoms. The van der Waals surface area contributed by atoms with Gasteiger partial charge in [0.25, 0.3) is 0 Å². The largest absolute Gasteiger partial charge is 0.393 e. The van der Waals surface area contributed by atoms with Gasteiger partial charge in [-0.05, 0) is 46.1 Å². The van der Waals surface area contributed by atoms with Gasteiger partial charge in [-0.3, -0.25) is 4.99 Å². The van der Waals surface area contributed by atoms with Crippen LogP contribution in [0.2, 0.25) is 0 Å². The molecule has 6 N–H and O–H groups in total. The zero-order valence-corrected chi connectivity index (χ0v) is 14.9. The van der Waals surface area contributed by atoms with Crippen LogP contribution in [0.25, 0.3) is 0 Å². The van der Waals surface area contributed by atoms with Crippen LogP contribution in [0.15, 0.2) is 4.99 Å². The zero-order valence-electron chi connectivity index (χ0n) is 14.9. The molecule has 0 heterocycles.